The molecule has 0 saturated carbocycles. The molecule has 1 aromatic rings. The molecular formula is C10H18N6OS. The molecule has 1 aromatic heterocycles. The van der Waals surface area contributed by atoms with Gasteiger partial charge in [-0.2, -0.15) is 0 Å². The van der Waals surface area contributed by atoms with Crippen molar-refractivity contribution in [2.75, 3.05) is 32.1 Å². The van der Waals surface area contributed by atoms with Crippen molar-refractivity contribution in [1.29, 1.82) is 0 Å². The number of hydrazine groups is 1. The van der Waals surface area contributed by atoms with Crippen molar-refractivity contribution in [2.24, 2.45) is 5.84 Å². The first-order valence-corrected chi connectivity index (χ1v) is 6.76. The van der Waals surface area contributed by atoms with Gasteiger partial charge in [-0.05, 0) is 19.9 Å². The molecular weight excluding hydrogens is 252 g/mol. The van der Waals surface area contributed by atoms with E-state index in [1.165, 1.54) is 11.3 Å². The molecule has 1 aliphatic heterocycles. The molecule has 2 heterocycles. The van der Waals surface area contributed by atoms with E-state index in [0.29, 0.717) is 18.2 Å². The standard InChI is InChI=1S/C10H18N6OS/c1-15(6-8-13-14-10(12-11)18-8)7-9(17)16-4-2-3-5-16/h2-7,11H2,1H3,(H,12,14). The van der Waals surface area contributed by atoms with E-state index in [4.69, 9.17) is 5.84 Å². The predicted molar refractivity (Wildman–Crippen MR) is 69.9 cm³/mol. The van der Waals surface area contributed by atoms with E-state index >= 15 is 0 Å². The molecule has 3 N–H and O–H groups in total. The van der Waals surface area contributed by atoms with Crippen LogP contribution in [0.5, 0.6) is 0 Å². The number of nitrogens with one attached hydrogen (secondary N) is 1. The molecule has 1 aliphatic rings. The van der Waals surface area contributed by atoms with Gasteiger partial charge in [0.15, 0.2) is 0 Å². The summed E-state index contributed by atoms with van der Waals surface area (Å²) < 4.78 is 0. The summed E-state index contributed by atoms with van der Waals surface area (Å²) in [4.78, 5) is 15.8. The number of nitrogens with zero attached hydrogens (tertiary/aromatic N) is 4. The number of anilines is 1. The second-order valence-electron chi connectivity index (χ2n) is 4.41. The molecule has 18 heavy (non-hydrogen) atoms. The highest BCUT2D eigenvalue weighted by atomic mass is 32.1. The number of likely N-dealkylation sites (N-methyl/N-ethyl adjacent to an activating group) is 1. The lowest BCUT2D eigenvalue weighted by molar-refractivity contribution is -0.131. The Balaban J connectivity index is 1.80. The van der Waals surface area contributed by atoms with Crippen LogP contribution in [-0.4, -0.2) is 52.6 Å². The first-order chi connectivity index (χ1) is 8.69. The fourth-order valence-corrected chi connectivity index (χ4v) is 2.69. The maximum absolute atomic E-state index is 11.9. The van der Waals surface area contributed by atoms with E-state index in [-0.39, 0.29) is 5.91 Å². The Bertz CT molecular complexity index is 403. The Morgan fingerprint density at radius 3 is 2.83 bits per heavy atom. The van der Waals surface area contributed by atoms with Gasteiger partial charge in [-0.25, -0.2) is 5.84 Å². The number of hydrogen-bond acceptors (Lipinski definition) is 7. The molecule has 7 nitrogen and oxygen atoms in total. The van der Waals surface area contributed by atoms with Gasteiger partial charge < -0.3 is 4.90 Å². The van der Waals surface area contributed by atoms with Crippen LogP contribution in [0.25, 0.3) is 0 Å². The van der Waals surface area contributed by atoms with Crippen LogP contribution in [0.4, 0.5) is 5.13 Å². The van der Waals surface area contributed by atoms with Gasteiger partial charge >= 0.3 is 0 Å². The van der Waals surface area contributed by atoms with E-state index in [1.54, 1.807) is 0 Å². The summed E-state index contributed by atoms with van der Waals surface area (Å²) in [6.45, 7) is 2.82. The summed E-state index contributed by atoms with van der Waals surface area (Å²) in [6, 6.07) is 0. The third kappa shape index (κ3) is 3.37. The number of nitrogen functional groups attached to an aromatic ring is 1. The van der Waals surface area contributed by atoms with Crippen molar-refractivity contribution >= 4 is 22.4 Å². The highest BCUT2D eigenvalue weighted by molar-refractivity contribution is 7.15. The molecule has 0 aromatic carbocycles. The fourth-order valence-electron chi connectivity index (χ4n) is 1.96. The highest BCUT2D eigenvalue weighted by Crippen LogP contribution is 2.15. The van der Waals surface area contributed by atoms with Gasteiger partial charge in [0, 0.05) is 13.1 Å². The third-order valence-corrected chi connectivity index (χ3v) is 3.70. The average molecular weight is 270 g/mol. The molecule has 0 atom stereocenters. The summed E-state index contributed by atoms with van der Waals surface area (Å²) in [5.41, 5.74) is 2.46. The predicted octanol–water partition coefficient (Wildman–Crippen LogP) is -0.122. The van der Waals surface area contributed by atoms with Crippen LogP contribution in [-0.2, 0) is 11.3 Å². The molecule has 0 aliphatic carbocycles. The average Bonchev–Trinajstić information content (AvgIpc) is 2.98. The Hall–Kier alpha value is -1.25. The molecule has 1 fully saturated rings. The summed E-state index contributed by atoms with van der Waals surface area (Å²) in [6.07, 6.45) is 2.24. The first-order valence-electron chi connectivity index (χ1n) is 5.94. The topological polar surface area (TPSA) is 87.4 Å². The van der Waals surface area contributed by atoms with Gasteiger partial charge in [0.2, 0.25) is 11.0 Å². The molecule has 0 spiro atoms. The minimum Gasteiger partial charge on any atom is -0.342 e. The molecule has 100 valence electrons. The molecule has 1 saturated heterocycles. The van der Waals surface area contributed by atoms with Crippen LogP contribution >= 0.6 is 11.3 Å². The van der Waals surface area contributed by atoms with Crippen LogP contribution in [0.2, 0.25) is 0 Å². The summed E-state index contributed by atoms with van der Waals surface area (Å²) in [7, 11) is 1.91. The normalized spacial score (nSPS) is 15.4. The molecule has 2 rings (SSSR count). The number of amides is 1. The zero-order valence-corrected chi connectivity index (χ0v) is 11.2. The Kier molecular flexibility index (Phi) is 4.45. The monoisotopic (exact) mass is 270 g/mol. The first kappa shape index (κ1) is 13.2. The zero-order valence-electron chi connectivity index (χ0n) is 10.4. The Labute approximate surface area is 110 Å². The number of nitrogens with two attached hydrogens (primary N) is 1. The third-order valence-electron chi connectivity index (χ3n) is 2.86. The van der Waals surface area contributed by atoms with Crippen molar-refractivity contribution in [2.45, 2.75) is 19.4 Å². The minimum atomic E-state index is 0.191. The van der Waals surface area contributed by atoms with Crippen LogP contribution in [0, 0.1) is 0 Å². The second kappa shape index (κ2) is 6.07. The van der Waals surface area contributed by atoms with Gasteiger partial charge in [-0.3, -0.25) is 15.1 Å². The lowest BCUT2D eigenvalue weighted by atomic mass is 10.4. The SMILES string of the molecule is CN(CC(=O)N1CCCC1)Cc1nnc(NN)s1. The van der Waals surface area contributed by atoms with Crippen molar-refractivity contribution < 1.29 is 4.79 Å². The van der Waals surface area contributed by atoms with E-state index in [9.17, 15) is 4.79 Å². The summed E-state index contributed by atoms with van der Waals surface area (Å²) >= 11 is 1.40. The quantitative estimate of drug-likeness (QED) is 0.573. The second-order valence-corrected chi connectivity index (χ2v) is 5.47. The number of carbonyl (C=O) groups is 1. The van der Waals surface area contributed by atoms with E-state index in [0.717, 1.165) is 30.9 Å². The largest absolute Gasteiger partial charge is 0.342 e. The lowest BCUT2D eigenvalue weighted by Crippen LogP contribution is -2.36. The number of rotatable bonds is 5. The maximum atomic E-state index is 11.9. The molecule has 0 unspecified atom stereocenters. The molecule has 8 heteroatoms. The van der Waals surface area contributed by atoms with Crippen LogP contribution < -0.4 is 11.3 Å². The van der Waals surface area contributed by atoms with Crippen molar-refractivity contribution in [3.8, 4) is 0 Å². The van der Waals surface area contributed by atoms with Crippen molar-refractivity contribution in [3.63, 3.8) is 0 Å². The van der Waals surface area contributed by atoms with Crippen LogP contribution in [0.3, 0.4) is 0 Å². The van der Waals surface area contributed by atoms with Crippen LogP contribution in [0.1, 0.15) is 17.8 Å². The fraction of sp³-hybridized carbons (Fsp3) is 0.700. The van der Waals surface area contributed by atoms with Crippen LogP contribution in [0.15, 0.2) is 0 Å². The number of likely N-dealkylation sites (tertiary alicyclic amines) is 1. The van der Waals surface area contributed by atoms with Gasteiger partial charge in [-0.1, -0.05) is 11.3 Å². The minimum absolute atomic E-state index is 0.191. The molecule has 0 bridgehead atoms. The molecule has 0 radical (unpaired) electrons. The van der Waals surface area contributed by atoms with E-state index < -0.39 is 0 Å². The van der Waals surface area contributed by atoms with E-state index in [2.05, 4.69) is 15.6 Å². The smallest absolute Gasteiger partial charge is 0.236 e. The highest BCUT2D eigenvalue weighted by Gasteiger charge is 2.19. The van der Waals surface area contributed by atoms with Gasteiger partial charge in [-0.15, -0.1) is 10.2 Å². The van der Waals surface area contributed by atoms with E-state index in [1.807, 2.05) is 16.8 Å². The lowest BCUT2D eigenvalue weighted by Gasteiger charge is -2.20. The van der Waals surface area contributed by atoms with Gasteiger partial charge in [0.25, 0.3) is 0 Å². The molecule has 1 amide bonds. The zero-order chi connectivity index (χ0) is 13.0. The van der Waals surface area contributed by atoms with Crippen molar-refractivity contribution in [3.05, 3.63) is 5.01 Å². The van der Waals surface area contributed by atoms with Gasteiger partial charge in [0.05, 0.1) is 13.1 Å². The Morgan fingerprint density at radius 2 is 2.22 bits per heavy atom. The number of carbonyl (C=O) groups excluding carboxylic acids is 1. The summed E-state index contributed by atoms with van der Waals surface area (Å²) in [5.74, 6) is 5.43. The maximum Gasteiger partial charge on any atom is 0.236 e. The van der Waals surface area contributed by atoms with Gasteiger partial charge in [0.1, 0.15) is 5.01 Å². The Morgan fingerprint density at radius 1 is 1.50 bits per heavy atom. The summed E-state index contributed by atoms with van der Waals surface area (Å²) in [5, 5.41) is 9.28. The number of aromatic nitrogens is 2. The van der Waals surface area contributed by atoms with Crippen molar-refractivity contribution in [1.82, 2.24) is 20.0 Å². The number of hydrogen-bond donors (Lipinski definition) is 2.